The summed E-state index contributed by atoms with van der Waals surface area (Å²) in [5, 5.41) is 1.26. The lowest BCUT2D eigenvalue weighted by molar-refractivity contribution is 0.332. The molecule has 13 aromatic carbocycles. The summed E-state index contributed by atoms with van der Waals surface area (Å²) in [6, 6.07) is 116. The SMILES string of the molecule is CC1(C)CCC(C)(C)c2cc(N(c3ccccc3)c3cc4c5c(c3)N(c3ccccc3)c3cc6c(cc3B5C3=C(c5ccccc5C3)N4c3ccccc3)B3c4sc5ccccc5c4N(c4ccccc4)c4cc(N(c5ccccc5)c5ccc7c(c5)C(C)(C)CCC7(C)C)cc(c43)N6c3ccccc3)ccc21. The fraction of sp³-hybridized carbons (Fsp3) is 0.172. The van der Waals surface area contributed by atoms with Crippen molar-refractivity contribution < 1.29 is 0 Å². The minimum atomic E-state index is -0.174. The van der Waals surface area contributed by atoms with Crippen LogP contribution in [0.2, 0.25) is 0 Å². The van der Waals surface area contributed by atoms with E-state index in [9.17, 15) is 0 Å². The van der Waals surface area contributed by atoms with Gasteiger partial charge >= 0.3 is 0 Å². The van der Waals surface area contributed by atoms with Gasteiger partial charge in [-0.3, -0.25) is 0 Å². The summed E-state index contributed by atoms with van der Waals surface area (Å²) in [5.41, 5.74) is 35.8. The summed E-state index contributed by atoms with van der Waals surface area (Å²) < 4.78 is 2.62. The third-order valence-corrected chi connectivity index (χ3v) is 26.7. The van der Waals surface area contributed by atoms with E-state index in [1.807, 2.05) is 11.3 Å². The molecule has 0 saturated carbocycles. The van der Waals surface area contributed by atoms with Gasteiger partial charge in [0.1, 0.15) is 0 Å². The molecule has 14 aromatic rings. The molecule has 0 spiro atoms. The van der Waals surface area contributed by atoms with Crippen LogP contribution < -0.4 is 56.0 Å². The number of fused-ring (bicyclic) bond motifs is 13. The summed E-state index contributed by atoms with van der Waals surface area (Å²) in [5.74, 6) is 0. The molecule has 1 aromatic heterocycles. The lowest BCUT2D eigenvalue weighted by Gasteiger charge is -2.47. The van der Waals surface area contributed by atoms with Crippen molar-refractivity contribution in [1.29, 1.82) is 0 Å². The molecule has 0 bridgehead atoms. The van der Waals surface area contributed by atoms with Crippen molar-refractivity contribution in [3.63, 3.8) is 0 Å². The lowest BCUT2D eigenvalue weighted by atomic mass is 9.30. The first kappa shape index (κ1) is 64.8. The monoisotopic (exact) mass is 1410 g/mol. The summed E-state index contributed by atoms with van der Waals surface area (Å²) in [6.07, 6.45) is 5.36. The number of nitrogens with zero attached hydrogens (tertiary/aromatic N) is 6. The van der Waals surface area contributed by atoms with Crippen molar-refractivity contribution in [2.45, 2.75) is 109 Å². The van der Waals surface area contributed by atoms with E-state index in [1.165, 1.54) is 110 Å². The summed E-state index contributed by atoms with van der Waals surface area (Å²) in [6.45, 7) is 19.3. The molecular formula is C99H84B2N6S. The second kappa shape index (κ2) is 24.0. The maximum Gasteiger partial charge on any atom is 0.264 e. The van der Waals surface area contributed by atoms with Crippen LogP contribution in [-0.2, 0) is 28.1 Å². The van der Waals surface area contributed by atoms with Gasteiger partial charge in [-0.25, -0.2) is 0 Å². The number of benzene rings is 13. The van der Waals surface area contributed by atoms with E-state index in [1.54, 1.807) is 0 Å². The Morgan fingerprint density at radius 3 is 1.20 bits per heavy atom. The number of allylic oxidation sites excluding steroid dienone is 1. The Hall–Kier alpha value is -11.5. The number of hydrogen-bond acceptors (Lipinski definition) is 7. The van der Waals surface area contributed by atoms with Crippen LogP contribution in [0, 0.1) is 0 Å². The van der Waals surface area contributed by atoms with Gasteiger partial charge in [0.2, 0.25) is 6.71 Å². The van der Waals surface area contributed by atoms with Crippen LogP contribution in [0.25, 0.3) is 15.8 Å². The average Bonchev–Trinajstić information content (AvgIpc) is 1.22. The van der Waals surface area contributed by atoms with Crippen molar-refractivity contribution in [3.8, 4) is 0 Å². The van der Waals surface area contributed by atoms with Crippen LogP contribution in [-0.4, -0.2) is 13.4 Å². The Morgan fingerprint density at radius 1 is 0.315 bits per heavy atom. The highest BCUT2D eigenvalue weighted by atomic mass is 32.1. The van der Waals surface area contributed by atoms with Gasteiger partial charge in [-0.05, 0) is 237 Å². The second-order valence-corrected chi connectivity index (χ2v) is 34.8. The van der Waals surface area contributed by atoms with Crippen molar-refractivity contribution >= 4 is 164 Å². The lowest BCUT2D eigenvalue weighted by Crippen LogP contribution is -2.63. The Bertz CT molecular complexity index is 6030. The van der Waals surface area contributed by atoms with Gasteiger partial charge in [-0.2, -0.15) is 0 Å². The van der Waals surface area contributed by atoms with Gasteiger partial charge in [-0.15, -0.1) is 11.3 Å². The van der Waals surface area contributed by atoms with Crippen LogP contribution in [0.1, 0.15) is 114 Å². The predicted octanol–water partition coefficient (Wildman–Crippen LogP) is 23.7. The van der Waals surface area contributed by atoms with E-state index in [4.69, 9.17) is 0 Å². The van der Waals surface area contributed by atoms with E-state index in [2.05, 4.69) is 388 Å². The molecule has 0 atom stereocenters. The van der Waals surface area contributed by atoms with Crippen LogP contribution in [0.15, 0.2) is 309 Å². The topological polar surface area (TPSA) is 19.4 Å². The van der Waals surface area contributed by atoms with E-state index in [0.29, 0.717) is 0 Å². The first-order valence-electron chi connectivity index (χ1n) is 38.8. The third kappa shape index (κ3) is 9.79. The Morgan fingerprint density at radius 2 is 0.704 bits per heavy atom. The normalized spacial score (nSPS) is 16.7. The average molecular weight is 1410 g/mol. The summed E-state index contributed by atoms with van der Waals surface area (Å²) >= 11 is 1.97. The highest BCUT2D eigenvalue weighted by Crippen LogP contribution is 2.58. The van der Waals surface area contributed by atoms with Gasteiger partial charge in [0.15, 0.2) is 0 Å². The number of para-hydroxylation sites is 6. The van der Waals surface area contributed by atoms with Gasteiger partial charge in [-0.1, -0.05) is 231 Å². The molecular weight excluding hydrogens is 1330 g/mol. The molecule has 9 heteroatoms. The van der Waals surface area contributed by atoms with E-state index < -0.39 is 0 Å². The zero-order chi connectivity index (χ0) is 72.7. The smallest absolute Gasteiger partial charge is 0.264 e. The quantitative estimate of drug-likeness (QED) is 0.126. The van der Waals surface area contributed by atoms with Crippen LogP contribution in [0.4, 0.5) is 96.7 Å². The number of anilines is 17. The molecule has 3 aliphatic carbocycles. The largest absolute Gasteiger partial charge is 0.311 e. The van der Waals surface area contributed by atoms with Crippen molar-refractivity contribution in [3.05, 3.63) is 342 Å². The first-order chi connectivity index (χ1) is 52.6. The fourth-order valence-electron chi connectivity index (χ4n) is 19.9. The molecule has 0 unspecified atom stereocenters. The fourth-order valence-corrected chi connectivity index (χ4v) is 21.3. The number of rotatable bonds is 10. The van der Waals surface area contributed by atoms with Crippen LogP contribution in [0.5, 0.6) is 0 Å². The minimum Gasteiger partial charge on any atom is -0.311 e. The van der Waals surface area contributed by atoms with Gasteiger partial charge in [0.25, 0.3) is 6.71 Å². The zero-order valence-electron chi connectivity index (χ0n) is 62.6. The van der Waals surface area contributed by atoms with Crippen LogP contribution in [0.3, 0.4) is 0 Å². The Labute approximate surface area is 640 Å². The van der Waals surface area contributed by atoms with Crippen molar-refractivity contribution in [2.24, 2.45) is 0 Å². The molecule has 0 radical (unpaired) electrons. The first-order valence-corrected chi connectivity index (χ1v) is 39.7. The summed E-state index contributed by atoms with van der Waals surface area (Å²) in [4.78, 5) is 15.7. The maximum atomic E-state index is 2.73. The second-order valence-electron chi connectivity index (χ2n) is 33.7. The third-order valence-electron chi connectivity index (χ3n) is 25.5. The van der Waals surface area contributed by atoms with E-state index in [0.717, 1.165) is 100 Å². The van der Waals surface area contributed by atoms with E-state index in [-0.39, 0.29) is 35.1 Å². The molecule has 0 N–H and O–H groups in total. The Kier molecular flexibility index (Phi) is 14.4. The number of hydrogen-bond donors (Lipinski definition) is 0. The highest BCUT2D eigenvalue weighted by molar-refractivity contribution is 7.33. The van der Waals surface area contributed by atoms with E-state index >= 15 is 0 Å². The van der Waals surface area contributed by atoms with Crippen molar-refractivity contribution in [1.82, 2.24) is 0 Å². The molecule has 4 aliphatic heterocycles. The predicted molar refractivity (Wildman–Crippen MR) is 461 cm³/mol. The summed E-state index contributed by atoms with van der Waals surface area (Å²) in [7, 11) is 0. The molecule has 522 valence electrons. The van der Waals surface area contributed by atoms with Gasteiger partial charge < -0.3 is 29.4 Å². The standard InChI is InChI=1S/C99H84B2N6S/c1-96(2)51-53-98(5,6)79-56-71(47-49-77(79)96)102(65-32-15-9-16-33-65)73-58-86-91-88(60-73)106(69-40-23-13-24-41-69)93-75-44-28-27-31-64(75)55-83(93)100(91)81-62-82-85(63-84(81)104(86)67-36-19-11-20-37-67)105(68-38-21-12-22-39-68)87-59-74(103(66-34-17-10-18-35-66)72-48-50-78-80(57-72)99(7,8)54-52-97(78,3)4)61-89-92(87)101(82)95-94(76-45-29-30-46-90(76)108-95)107(89)70-42-25-14-26-43-70/h9-50,56-63H,51-55H2,1-8H3. The molecule has 6 nitrogen and oxygen atoms in total. The highest BCUT2D eigenvalue weighted by Gasteiger charge is 2.52. The Balaban J connectivity index is 0.881. The maximum absolute atomic E-state index is 2.73. The molecule has 0 amide bonds. The van der Waals surface area contributed by atoms with Crippen molar-refractivity contribution in [2.75, 3.05) is 29.4 Å². The molecule has 7 aliphatic rings. The molecule has 5 heterocycles. The molecule has 108 heavy (non-hydrogen) atoms. The molecule has 21 rings (SSSR count). The minimum absolute atomic E-state index is 0.0133. The zero-order valence-corrected chi connectivity index (χ0v) is 63.5. The van der Waals surface area contributed by atoms with Gasteiger partial charge in [0, 0.05) is 106 Å². The van der Waals surface area contributed by atoms with Crippen LogP contribution >= 0.6 is 11.3 Å². The number of thiophene rings is 1. The molecule has 0 fully saturated rings. The van der Waals surface area contributed by atoms with Gasteiger partial charge in [0.05, 0.1) is 17.1 Å². The molecule has 0 saturated heterocycles.